The van der Waals surface area contributed by atoms with Gasteiger partial charge in [0.1, 0.15) is 17.2 Å². The van der Waals surface area contributed by atoms with E-state index in [-0.39, 0.29) is 18.1 Å². The number of ether oxygens (including phenoxy) is 4. The number of fused-ring (bicyclic) bond motifs is 1. The van der Waals surface area contributed by atoms with Gasteiger partial charge in [-0.1, -0.05) is 18.2 Å². The van der Waals surface area contributed by atoms with E-state index >= 15 is 0 Å². The monoisotopic (exact) mass is 354 g/mol. The Kier molecular flexibility index (Phi) is 4.93. The van der Waals surface area contributed by atoms with Gasteiger partial charge >= 0.3 is 5.97 Å². The molecule has 0 spiro atoms. The molecule has 1 heterocycles. The van der Waals surface area contributed by atoms with Crippen LogP contribution >= 0.6 is 0 Å². The van der Waals surface area contributed by atoms with Crippen molar-refractivity contribution in [1.82, 2.24) is 0 Å². The van der Waals surface area contributed by atoms with Crippen molar-refractivity contribution in [3.8, 4) is 17.2 Å². The first kappa shape index (κ1) is 17.5. The third-order valence-electron chi connectivity index (χ3n) is 4.04. The van der Waals surface area contributed by atoms with E-state index in [1.807, 2.05) is 24.3 Å². The molecule has 0 saturated carbocycles. The molecular weight excluding hydrogens is 336 g/mol. The van der Waals surface area contributed by atoms with Gasteiger partial charge in [-0.15, -0.1) is 0 Å². The standard InChI is InChI=1S/C20H18O6/c1-12-15(25-11-18(21)24-3)9-8-14-19(22)17(26-20(12)14)10-13-6-4-5-7-16(13)23-2/h4-10H,11H2,1-3H3/b17-10-. The molecule has 0 unspecified atom stereocenters. The van der Waals surface area contributed by atoms with E-state index in [9.17, 15) is 9.59 Å². The lowest BCUT2D eigenvalue weighted by molar-refractivity contribution is -0.142. The molecule has 0 saturated heterocycles. The summed E-state index contributed by atoms with van der Waals surface area (Å²) in [5.41, 5.74) is 1.84. The van der Waals surface area contributed by atoms with Crippen LogP contribution in [0, 0.1) is 6.92 Å². The van der Waals surface area contributed by atoms with Gasteiger partial charge in [-0.05, 0) is 31.2 Å². The highest BCUT2D eigenvalue weighted by molar-refractivity contribution is 6.15. The lowest BCUT2D eigenvalue weighted by atomic mass is 10.1. The fraction of sp³-hybridized carbons (Fsp3) is 0.200. The Balaban J connectivity index is 1.90. The van der Waals surface area contributed by atoms with Crippen molar-refractivity contribution in [2.45, 2.75) is 6.92 Å². The molecule has 0 N–H and O–H groups in total. The zero-order valence-electron chi connectivity index (χ0n) is 14.7. The summed E-state index contributed by atoms with van der Waals surface area (Å²) in [7, 11) is 2.86. The zero-order valence-corrected chi connectivity index (χ0v) is 14.7. The number of benzene rings is 2. The van der Waals surface area contributed by atoms with Crippen LogP contribution in [0.5, 0.6) is 17.2 Å². The first-order valence-corrected chi connectivity index (χ1v) is 7.95. The predicted octanol–water partition coefficient (Wildman–Crippen LogP) is 3.17. The molecule has 26 heavy (non-hydrogen) atoms. The van der Waals surface area contributed by atoms with Gasteiger partial charge in [0, 0.05) is 11.1 Å². The van der Waals surface area contributed by atoms with E-state index in [2.05, 4.69) is 4.74 Å². The molecule has 2 aromatic carbocycles. The molecule has 0 radical (unpaired) electrons. The summed E-state index contributed by atoms with van der Waals surface area (Å²) in [6.45, 7) is 1.55. The Labute approximate surface area is 150 Å². The summed E-state index contributed by atoms with van der Waals surface area (Å²) in [6.07, 6.45) is 1.65. The fourth-order valence-electron chi connectivity index (χ4n) is 2.65. The van der Waals surface area contributed by atoms with Crippen LogP contribution in [0.15, 0.2) is 42.2 Å². The van der Waals surface area contributed by atoms with E-state index in [1.165, 1.54) is 7.11 Å². The average Bonchev–Trinajstić information content (AvgIpc) is 2.98. The first-order valence-electron chi connectivity index (χ1n) is 7.95. The molecule has 1 aliphatic rings. The minimum absolute atomic E-state index is 0.206. The number of rotatable bonds is 5. The van der Waals surface area contributed by atoms with Crippen molar-refractivity contribution >= 4 is 17.8 Å². The summed E-state index contributed by atoms with van der Waals surface area (Å²) < 4.78 is 21.1. The van der Waals surface area contributed by atoms with E-state index in [4.69, 9.17) is 14.2 Å². The van der Waals surface area contributed by atoms with Crippen molar-refractivity contribution < 1.29 is 28.5 Å². The SMILES string of the molecule is COC(=O)COc1ccc2c(c1C)O/C(=C\c1ccccc1OC)C2=O. The molecule has 2 aromatic rings. The van der Waals surface area contributed by atoms with E-state index in [0.717, 1.165) is 5.56 Å². The number of Topliss-reactive ketones (excluding diaryl/α,β-unsaturated/α-hetero) is 1. The maximum Gasteiger partial charge on any atom is 0.343 e. The molecule has 6 nitrogen and oxygen atoms in total. The Morgan fingerprint density at radius 1 is 1.12 bits per heavy atom. The summed E-state index contributed by atoms with van der Waals surface area (Å²) in [6, 6.07) is 10.6. The zero-order chi connectivity index (χ0) is 18.7. The maximum atomic E-state index is 12.6. The van der Waals surface area contributed by atoms with Gasteiger partial charge in [0.2, 0.25) is 5.78 Å². The van der Waals surface area contributed by atoms with Gasteiger partial charge < -0.3 is 18.9 Å². The molecule has 134 valence electrons. The van der Waals surface area contributed by atoms with Crippen LogP contribution in [0.3, 0.4) is 0 Å². The highest BCUT2D eigenvalue weighted by Gasteiger charge is 2.30. The van der Waals surface area contributed by atoms with Crippen molar-refractivity contribution in [2.75, 3.05) is 20.8 Å². The fourth-order valence-corrected chi connectivity index (χ4v) is 2.65. The number of ketones is 1. The number of para-hydroxylation sites is 1. The quantitative estimate of drug-likeness (QED) is 0.607. The first-order chi connectivity index (χ1) is 12.5. The van der Waals surface area contributed by atoms with Gasteiger partial charge in [-0.25, -0.2) is 4.79 Å². The van der Waals surface area contributed by atoms with Gasteiger partial charge in [-0.3, -0.25) is 4.79 Å². The van der Waals surface area contributed by atoms with Crippen LogP contribution in [0.25, 0.3) is 6.08 Å². The normalized spacial score (nSPS) is 14.0. The second-order valence-corrected chi connectivity index (χ2v) is 5.61. The van der Waals surface area contributed by atoms with Crippen LogP contribution in [-0.4, -0.2) is 32.6 Å². The summed E-state index contributed by atoms with van der Waals surface area (Å²) in [5.74, 6) is 1.04. The third-order valence-corrected chi connectivity index (χ3v) is 4.04. The minimum atomic E-state index is -0.487. The van der Waals surface area contributed by atoms with Crippen LogP contribution in [-0.2, 0) is 9.53 Å². The van der Waals surface area contributed by atoms with Gasteiger partial charge in [-0.2, -0.15) is 0 Å². The Morgan fingerprint density at radius 2 is 1.88 bits per heavy atom. The lowest BCUT2D eigenvalue weighted by Crippen LogP contribution is -2.13. The van der Waals surface area contributed by atoms with Gasteiger partial charge in [0.05, 0.1) is 19.8 Å². The smallest absolute Gasteiger partial charge is 0.343 e. The second-order valence-electron chi connectivity index (χ2n) is 5.61. The Morgan fingerprint density at radius 3 is 2.62 bits per heavy atom. The molecule has 0 bridgehead atoms. The molecular formula is C20H18O6. The Bertz CT molecular complexity index is 897. The second kappa shape index (κ2) is 7.31. The molecule has 3 rings (SSSR count). The molecule has 0 aliphatic carbocycles. The summed E-state index contributed by atoms with van der Waals surface area (Å²) in [5, 5.41) is 0. The minimum Gasteiger partial charge on any atom is -0.496 e. The van der Waals surface area contributed by atoms with Crippen molar-refractivity contribution in [2.24, 2.45) is 0 Å². The number of allylic oxidation sites excluding steroid dienone is 1. The molecule has 1 aliphatic heterocycles. The molecule has 0 aromatic heterocycles. The van der Waals surface area contributed by atoms with Crippen molar-refractivity contribution in [3.63, 3.8) is 0 Å². The van der Waals surface area contributed by atoms with E-state index in [0.29, 0.717) is 28.4 Å². The summed E-state index contributed by atoms with van der Waals surface area (Å²) >= 11 is 0. The topological polar surface area (TPSA) is 71.1 Å². The van der Waals surface area contributed by atoms with Crippen molar-refractivity contribution in [1.29, 1.82) is 0 Å². The van der Waals surface area contributed by atoms with E-state index < -0.39 is 5.97 Å². The van der Waals surface area contributed by atoms with E-state index in [1.54, 1.807) is 32.2 Å². The number of carbonyl (C=O) groups is 2. The van der Waals surface area contributed by atoms with Gasteiger partial charge in [0.15, 0.2) is 12.4 Å². The van der Waals surface area contributed by atoms with Crippen LogP contribution in [0.4, 0.5) is 0 Å². The molecule has 0 atom stereocenters. The largest absolute Gasteiger partial charge is 0.496 e. The van der Waals surface area contributed by atoms with Crippen LogP contribution < -0.4 is 14.2 Å². The number of methoxy groups -OCH3 is 2. The number of esters is 1. The number of hydrogen-bond acceptors (Lipinski definition) is 6. The maximum absolute atomic E-state index is 12.6. The number of hydrogen-bond donors (Lipinski definition) is 0. The average molecular weight is 354 g/mol. The predicted molar refractivity (Wildman–Crippen MR) is 94.6 cm³/mol. The highest BCUT2D eigenvalue weighted by atomic mass is 16.6. The van der Waals surface area contributed by atoms with Crippen LogP contribution in [0.2, 0.25) is 0 Å². The van der Waals surface area contributed by atoms with Crippen LogP contribution in [0.1, 0.15) is 21.5 Å². The molecule has 0 fully saturated rings. The Hall–Kier alpha value is -3.28. The highest BCUT2D eigenvalue weighted by Crippen LogP contribution is 2.39. The molecule has 6 heteroatoms. The van der Waals surface area contributed by atoms with Gasteiger partial charge in [0.25, 0.3) is 0 Å². The third kappa shape index (κ3) is 3.26. The number of carbonyl (C=O) groups excluding carboxylic acids is 2. The molecule has 0 amide bonds. The van der Waals surface area contributed by atoms with Crippen molar-refractivity contribution in [3.05, 3.63) is 58.8 Å². The summed E-state index contributed by atoms with van der Waals surface area (Å²) in [4.78, 5) is 23.9. The lowest BCUT2D eigenvalue weighted by Gasteiger charge is -2.10.